The minimum atomic E-state index is 0.0180. The Morgan fingerprint density at radius 3 is 2.89 bits per heavy atom. The Balaban J connectivity index is 2.14. The van der Waals surface area contributed by atoms with Crippen molar-refractivity contribution in [2.24, 2.45) is 5.73 Å². The molecule has 0 aromatic heterocycles. The standard InChI is InChI=1S/C13H17N3OS/c1-9(17)15-10-6-7-16(8-10)12-5-3-2-4-11(12)13(14)18/h2-5,10H,6-8H2,1H3,(H2,14,18)(H,15,17). The SMILES string of the molecule is CC(=O)NC1CCN(c2ccccc2C(N)=S)C1. The minimum absolute atomic E-state index is 0.0180. The van der Waals surface area contributed by atoms with E-state index in [-0.39, 0.29) is 11.9 Å². The molecule has 1 atom stereocenters. The van der Waals surface area contributed by atoms with Gasteiger partial charge >= 0.3 is 0 Å². The van der Waals surface area contributed by atoms with Crippen LogP contribution in [0.3, 0.4) is 0 Å². The van der Waals surface area contributed by atoms with Crippen molar-refractivity contribution in [1.29, 1.82) is 0 Å². The minimum Gasteiger partial charge on any atom is -0.389 e. The number of nitrogens with zero attached hydrogens (tertiary/aromatic N) is 1. The van der Waals surface area contributed by atoms with Crippen LogP contribution in [0.2, 0.25) is 0 Å². The van der Waals surface area contributed by atoms with Gasteiger partial charge in [-0.15, -0.1) is 0 Å². The Labute approximate surface area is 112 Å². The largest absolute Gasteiger partial charge is 0.389 e. The third-order valence-corrected chi connectivity index (χ3v) is 3.33. The van der Waals surface area contributed by atoms with Crippen molar-refractivity contribution in [3.05, 3.63) is 29.8 Å². The predicted molar refractivity (Wildman–Crippen MR) is 76.8 cm³/mol. The van der Waals surface area contributed by atoms with Crippen LogP contribution in [-0.2, 0) is 4.79 Å². The Bertz CT molecular complexity index is 475. The highest BCUT2D eigenvalue weighted by atomic mass is 32.1. The van der Waals surface area contributed by atoms with E-state index in [9.17, 15) is 4.79 Å². The predicted octanol–water partition coefficient (Wildman–Crippen LogP) is 1.04. The Hall–Kier alpha value is -1.62. The van der Waals surface area contributed by atoms with Crippen molar-refractivity contribution in [3.8, 4) is 0 Å². The van der Waals surface area contributed by atoms with Gasteiger partial charge in [0.25, 0.3) is 0 Å². The van der Waals surface area contributed by atoms with Gasteiger partial charge in [-0.2, -0.15) is 0 Å². The third kappa shape index (κ3) is 2.79. The van der Waals surface area contributed by atoms with E-state index in [0.717, 1.165) is 30.8 Å². The van der Waals surface area contributed by atoms with E-state index >= 15 is 0 Å². The molecule has 1 amide bonds. The van der Waals surface area contributed by atoms with Gasteiger partial charge < -0.3 is 16.0 Å². The van der Waals surface area contributed by atoms with Gasteiger partial charge in [0.15, 0.2) is 0 Å². The summed E-state index contributed by atoms with van der Waals surface area (Å²) in [5.74, 6) is 0.0180. The third-order valence-electron chi connectivity index (χ3n) is 3.11. The summed E-state index contributed by atoms with van der Waals surface area (Å²) in [4.78, 5) is 13.7. The fourth-order valence-corrected chi connectivity index (χ4v) is 2.51. The van der Waals surface area contributed by atoms with Crippen molar-refractivity contribution >= 4 is 28.8 Å². The number of anilines is 1. The van der Waals surface area contributed by atoms with E-state index in [1.807, 2.05) is 24.3 Å². The summed E-state index contributed by atoms with van der Waals surface area (Å²) in [6.45, 7) is 3.26. The molecule has 4 nitrogen and oxygen atoms in total. The molecule has 1 aliphatic heterocycles. The van der Waals surface area contributed by atoms with Gasteiger partial charge in [0.2, 0.25) is 5.91 Å². The number of para-hydroxylation sites is 1. The molecule has 3 N–H and O–H groups in total. The van der Waals surface area contributed by atoms with Gasteiger partial charge in [-0.3, -0.25) is 4.79 Å². The van der Waals surface area contributed by atoms with Gasteiger partial charge in [0.05, 0.1) is 0 Å². The average Bonchev–Trinajstić information content (AvgIpc) is 2.76. The number of benzene rings is 1. The zero-order valence-electron chi connectivity index (χ0n) is 10.3. The fraction of sp³-hybridized carbons (Fsp3) is 0.385. The first-order chi connectivity index (χ1) is 8.58. The summed E-state index contributed by atoms with van der Waals surface area (Å²) in [6.07, 6.45) is 0.950. The summed E-state index contributed by atoms with van der Waals surface area (Å²) in [7, 11) is 0. The molecular formula is C13H17N3OS. The summed E-state index contributed by atoms with van der Waals surface area (Å²) in [6, 6.07) is 8.07. The fourth-order valence-electron chi connectivity index (χ4n) is 2.34. The van der Waals surface area contributed by atoms with Gasteiger partial charge in [-0.05, 0) is 18.6 Å². The topological polar surface area (TPSA) is 58.4 Å². The Morgan fingerprint density at radius 2 is 2.22 bits per heavy atom. The first-order valence-electron chi connectivity index (χ1n) is 5.99. The molecule has 5 heteroatoms. The van der Waals surface area contributed by atoms with Crippen LogP contribution < -0.4 is 16.0 Å². The van der Waals surface area contributed by atoms with E-state index in [4.69, 9.17) is 18.0 Å². The molecule has 1 fully saturated rings. The molecule has 18 heavy (non-hydrogen) atoms. The molecule has 96 valence electrons. The molecule has 2 rings (SSSR count). The Kier molecular flexibility index (Phi) is 3.81. The van der Waals surface area contributed by atoms with Crippen LogP contribution >= 0.6 is 12.2 Å². The Morgan fingerprint density at radius 1 is 1.50 bits per heavy atom. The van der Waals surface area contributed by atoms with Crippen molar-refractivity contribution in [2.45, 2.75) is 19.4 Å². The molecule has 0 radical (unpaired) electrons. The first kappa shape index (κ1) is 12.8. The zero-order chi connectivity index (χ0) is 13.1. The van der Waals surface area contributed by atoms with Gasteiger partial charge in [-0.1, -0.05) is 24.4 Å². The molecule has 1 aromatic rings. The lowest BCUT2D eigenvalue weighted by Crippen LogP contribution is -2.35. The van der Waals surface area contributed by atoms with E-state index in [0.29, 0.717) is 4.99 Å². The molecule has 0 spiro atoms. The number of carbonyl (C=O) groups excluding carboxylic acids is 1. The quantitative estimate of drug-likeness (QED) is 0.800. The van der Waals surface area contributed by atoms with Gasteiger partial charge in [-0.25, -0.2) is 0 Å². The maximum Gasteiger partial charge on any atom is 0.217 e. The maximum absolute atomic E-state index is 11.0. The van der Waals surface area contributed by atoms with E-state index < -0.39 is 0 Å². The van der Waals surface area contributed by atoms with Gasteiger partial charge in [0, 0.05) is 37.3 Å². The lowest BCUT2D eigenvalue weighted by molar-refractivity contribution is -0.119. The van der Waals surface area contributed by atoms with Crippen molar-refractivity contribution in [2.75, 3.05) is 18.0 Å². The second kappa shape index (κ2) is 5.35. The van der Waals surface area contributed by atoms with Crippen LogP contribution in [0.15, 0.2) is 24.3 Å². The van der Waals surface area contributed by atoms with E-state index in [1.54, 1.807) is 6.92 Å². The van der Waals surface area contributed by atoms with Crippen molar-refractivity contribution in [3.63, 3.8) is 0 Å². The van der Waals surface area contributed by atoms with Crippen molar-refractivity contribution in [1.82, 2.24) is 5.32 Å². The number of nitrogens with one attached hydrogen (secondary N) is 1. The average molecular weight is 263 g/mol. The number of hydrogen-bond acceptors (Lipinski definition) is 3. The highest BCUT2D eigenvalue weighted by Gasteiger charge is 2.24. The summed E-state index contributed by atoms with van der Waals surface area (Å²) >= 11 is 5.07. The molecule has 1 aliphatic rings. The molecule has 1 aromatic carbocycles. The zero-order valence-corrected chi connectivity index (χ0v) is 11.2. The van der Waals surface area contributed by atoms with Crippen molar-refractivity contribution < 1.29 is 4.79 Å². The molecule has 0 bridgehead atoms. The van der Waals surface area contributed by atoms with Gasteiger partial charge in [0.1, 0.15) is 4.99 Å². The van der Waals surface area contributed by atoms with Crippen LogP contribution in [-0.4, -0.2) is 30.0 Å². The molecule has 1 saturated heterocycles. The van der Waals surface area contributed by atoms with Crippen LogP contribution in [0.1, 0.15) is 18.9 Å². The van der Waals surface area contributed by atoms with E-state index in [2.05, 4.69) is 10.2 Å². The monoisotopic (exact) mass is 263 g/mol. The normalized spacial score (nSPS) is 18.7. The highest BCUT2D eigenvalue weighted by Crippen LogP contribution is 2.24. The molecule has 1 unspecified atom stereocenters. The molecule has 1 heterocycles. The van der Waals surface area contributed by atoms with Crippen LogP contribution in [0.5, 0.6) is 0 Å². The number of amides is 1. The summed E-state index contributed by atoms with van der Waals surface area (Å²) < 4.78 is 0. The second-order valence-electron chi connectivity index (χ2n) is 4.51. The highest BCUT2D eigenvalue weighted by molar-refractivity contribution is 7.80. The maximum atomic E-state index is 11.0. The van der Waals surface area contributed by atoms with Crippen LogP contribution in [0, 0.1) is 0 Å². The van der Waals surface area contributed by atoms with Crippen LogP contribution in [0.4, 0.5) is 5.69 Å². The molecular weight excluding hydrogens is 246 g/mol. The first-order valence-corrected chi connectivity index (χ1v) is 6.39. The number of nitrogens with two attached hydrogens (primary N) is 1. The smallest absolute Gasteiger partial charge is 0.217 e. The lowest BCUT2D eigenvalue weighted by atomic mass is 10.1. The summed E-state index contributed by atoms with van der Waals surface area (Å²) in [5.41, 5.74) is 7.69. The molecule has 0 aliphatic carbocycles. The lowest BCUT2D eigenvalue weighted by Gasteiger charge is -2.21. The van der Waals surface area contributed by atoms with E-state index in [1.165, 1.54) is 0 Å². The number of thiocarbonyl (C=S) groups is 1. The summed E-state index contributed by atoms with van der Waals surface area (Å²) in [5, 5.41) is 2.95. The second-order valence-corrected chi connectivity index (χ2v) is 4.95. The van der Waals surface area contributed by atoms with Crippen LogP contribution in [0.25, 0.3) is 0 Å². The number of hydrogen-bond donors (Lipinski definition) is 2. The number of rotatable bonds is 3. The molecule has 0 saturated carbocycles. The number of carbonyl (C=O) groups is 1.